The van der Waals surface area contributed by atoms with Gasteiger partial charge < -0.3 is 5.73 Å². The molecule has 0 atom stereocenters. The molecule has 0 spiro atoms. The average Bonchev–Trinajstić information content (AvgIpc) is 2.39. The molecular weight excluding hydrogens is 214 g/mol. The van der Waals surface area contributed by atoms with Gasteiger partial charge in [-0.05, 0) is 35.1 Å². The van der Waals surface area contributed by atoms with Gasteiger partial charge in [0.05, 0.1) is 0 Å². The van der Waals surface area contributed by atoms with E-state index < -0.39 is 0 Å². The summed E-state index contributed by atoms with van der Waals surface area (Å²) in [5.41, 5.74) is 9.40. The standard InChI is InChI=1S/C14H15NS/c1-16-13-8-6-11(7-9-13)14-5-3-2-4-12(14)10-15/h2-9H,10,15H2,1H3. The third-order valence-corrected chi connectivity index (χ3v) is 3.38. The van der Waals surface area contributed by atoms with Crippen molar-refractivity contribution in [2.24, 2.45) is 5.73 Å². The van der Waals surface area contributed by atoms with Crippen LogP contribution >= 0.6 is 11.8 Å². The Hall–Kier alpha value is -1.25. The number of hydrogen-bond donors (Lipinski definition) is 1. The van der Waals surface area contributed by atoms with Crippen LogP contribution in [-0.4, -0.2) is 6.26 Å². The molecule has 0 radical (unpaired) electrons. The van der Waals surface area contributed by atoms with Gasteiger partial charge in [-0.15, -0.1) is 11.8 Å². The molecule has 0 fully saturated rings. The maximum absolute atomic E-state index is 5.74. The van der Waals surface area contributed by atoms with Crippen molar-refractivity contribution < 1.29 is 0 Å². The van der Waals surface area contributed by atoms with E-state index >= 15 is 0 Å². The molecular formula is C14H15NS. The molecule has 2 aromatic rings. The lowest BCUT2D eigenvalue weighted by Crippen LogP contribution is -1.98. The minimum Gasteiger partial charge on any atom is -0.326 e. The van der Waals surface area contributed by atoms with Gasteiger partial charge in [0.1, 0.15) is 0 Å². The van der Waals surface area contributed by atoms with E-state index in [9.17, 15) is 0 Å². The third-order valence-electron chi connectivity index (χ3n) is 2.64. The molecule has 82 valence electrons. The van der Waals surface area contributed by atoms with Crippen LogP contribution < -0.4 is 5.73 Å². The van der Waals surface area contributed by atoms with E-state index in [1.165, 1.54) is 21.6 Å². The van der Waals surface area contributed by atoms with Crippen LogP contribution in [0.3, 0.4) is 0 Å². The number of thioether (sulfide) groups is 1. The van der Waals surface area contributed by atoms with Gasteiger partial charge in [0.15, 0.2) is 0 Å². The topological polar surface area (TPSA) is 26.0 Å². The minimum atomic E-state index is 0.584. The van der Waals surface area contributed by atoms with Crippen LogP contribution in [0, 0.1) is 0 Å². The largest absolute Gasteiger partial charge is 0.326 e. The van der Waals surface area contributed by atoms with Crippen LogP contribution in [-0.2, 0) is 6.54 Å². The van der Waals surface area contributed by atoms with Gasteiger partial charge in [-0.3, -0.25) is 0 Å². The first-order chi connectivity index (χ1) is 7.85. The number of benzene rings is 2. The SMILES string of the molecule is CSc1ccc(-c2ccccc2CN)cc1. The molecule has 2 N–H and O–H groups in total. The van der Waals surface area contributed by atoms with Crippen molar-refractivity contribution in [2.45, 2.75) is 11.4 Å². The highest BCUT2D eigenvalue weighted by Crippen LogP contribution is 2.25. The van der Waals surface area contributed by atoms with Gasteiger partial charge >= 0.3 is 0 Å². The molecule has 2 heteroatoms. The molecule has 0 saturated heterocycles. The summed E-state index contributed by atoms with van der Waals surface area (Å²) < 4.78 is 0. The lowest BCUT2D eigenvalue weighted by Gasteiger charge is -2.08. The lowest BCUT2D eigenvalue weighted by molar-refractivity contribution is 1.07. The molecule has 0 heterocycles. The Bertz CT molecular complexity index is 462. The third kappa shape index (κ3) is 2.29. The van der Waals surface area contributed by atoms with Crippen molar-refractivity contribution in [3.63, 3.8) is 0 Å². The quantitative estimate of drug-likeness (QED) is 0.815. The van der Waals surface area contributed by atoms with Crippen LogP contribution in [0.2, 0.25) is 0 Å². The van der Waals surface area contributed by atoms with Gasteiger partial charge in [0.2, 0.25) is 0 Å². The Morgan fingerprint density at radius 3 is 2.31 bits per heavy atom. The van der Waals surface area contributed by atoms with E-state index in [0.29, 0.717) is 6.54 Å². The summed E-state index contributed by atoms with van der Waals surface area (Å²) in [6.07, 6.45) is 2.09. The predicted octanol–water partition coefficient (Wildman–Crippen LogP) is 3.53. The molecule has 0 saturated carbocycles. The maximum atomic E-state index is 5.74. The Morgan fingerprint density at radius 1 is 1.00 bits per heavy atom. The number of rotatable bonds is 3. The second-order valence-corrected chi connectivity index (χ2v) is 4.47. The summed E-state index contributed by atoms with van der Waals surface area (Å²) in [7, 11) is 0. The van der Waals surface area contributed by atoms with Crippen molar-refractivity contribution in [3.05, 3.63) is 54.1 Å². The summed E-state index contributed by atoms with van der Waals surface area (Å²) in [5.74, 6) is 0. The molecule has 0 bridgehead atoms. The normalized spacial score (nSPS) is 10.4. The Kier molecular flexibility index (Phi) is 3.65. The first-order valence-electron chi connectivity index (χ1n) is 5.27. The fourth-order valence-electron chi connectivity index (χ4n) is 1.75. The van der Waals surface area contributed by atoms with Gasteiger partial charge in [-0.25, -0.2) is 0 Å². The molecule has 0 aliphatic carbocycles. The molecule has 2 aromatic carbocycles. The van der Waals surface area contributed by atoms with Gasteiger partial charge in [0.25, 0.3) is 0 Å². The van der Waals surface area contributed by atoms with Gasteiger partial charge in [-0.1, -0.05) is 36.4 Å². The smallest absolute Gasteiger partial charge is 0.0184 e. The molecule has 0 aliphatic heterocycles. The predicted molar refractivity (Wildman–Crippen MR) is 71.6 cm³/mol. The second kappa shape index (κ2) is 5.19. The van der Waals surface area contributed by atoms with Crippen LogP contribution in [0.5, 0.6) is 0 Å². The minimum absolute atomic E-state index is 0.584. The second-order valence-electron chi connectivity index (χ2n) is 3.59. The van der Waals surface area contributed by atoms with Crippen LogP contribution in [0.1, 0.15) is 5.56 Å². The summed E-state index contributed by atoms with van der Waals surface area (Å²) in [5, 5.41) is 0. The molecule has 0 unspecified atom stereocenters. The number of hydrogen-bond acceptors (Lipinski definition) is 2. The molecule has 0 aromatic heterocycles. The fourth-order valence-corrected chi connectivity index (χ4v) is 2.16. The van der Waals surface area contributed by atoms with E-state index in [1.54, 1.807) is 11.8 Å². The molecule has 0 aliphatic rings. The summed E-state index contributed by atoms with van der Waals surface area (Å²) in [4.78, 5) is 1.29. The monoisotopic (exact) mass is 229 g/mol. The van der Waals surface area contributed by atoms with E-state index in [4.69, 9.17) is 5.73 Å². The van der Waals surface area contributed by atoms with Gasteiger partial charge in [0, 0.05) is 11.4 Å². The lowest BCUT2D eigenvalue weighted by atomic mass is 10.00. The summed E-state index contributed by atoms with van der Waals surface area (Å²) in [6.45, 7) is 0.584. The molecule has 0 amide bonds. The number of nitrogens with two attached hydrogens (primary N) is 1. The average molecular weight is 229 g/mol. The Labute approximate surface area is 101 Å². The van der Waals surface area contributed by atoms with Crippen LogP contribution in [0.25, 0.3) is 11.1 Å². The van der Waals surface area contributed by atoms with E-state index in [1.807, 2.05) is 6.07 Å². The summed E-state index contributed by atoms with van der Waals surface area (Å²) >= 11 is 1.76. The van der Waals surface area contributed by atoms with Crippen molar-refractivity contribution in [3.8, 4) is 11.1 Å². The first-order valence-corrected chi connectivity index (χ1v) is 6.50. The Morgan fingerprint density at radius 2 is 1.69 bits per heavy atom. The highest BCUT2D eigenvalue weighted by molar-refractivity contribution is 7.98. The zero-order chi connectivity index (χ0) is 11.4. The van der Waals surface area contributed by atoms with Crippen molar-refractivity contribution >= 4 is 11.8 Å². The Balaban J connectivity index is 2.42. The molecule has 16 heavy (non-hydrogen) atoms. The van der Waals surface area contributed by atoms with Crippen molar-refractivity contribution in [1.82, 2.24) is 0 Å². The van der Waals surface area contributed by atoms with Gasteiger partial charge in [-0.2, -0.15) is 0 Å². The van der Waals surface area contributed by atoms with Crippen LogP contribution in [0.15, 0.2) is 53.4 Å². The molecule has 1 nitrogen and oxygen atoms in total. The van der Waals surface area contributed by atoms with E-state index in [-0.39, 0.29) is 0 Å². The highest BCUT2D eigenvalue weighted by atomic mass is 32.2. The van der Waals surface area contributed by atoms with E-state index in [0.717, 1.165) is 0 Å². The first kappa shape index (κ1) is 11.2. The zero-order valence-electron chi connectivity index (χ0n) is 9.31. The van der Waals surface area contributed by atoms with E-state index in [2.05, 4.69) is 48.7 Å². The maximum Gasteiger partial charge on any atom is 0.0184 e. The molecule has 2 rings (SSSR count). The van der Waals surface area contributed by atoms with Crippen molar-refractivity contribution in [2.75, 3.05) is 6.26 Å². The zero-order valence-corrected chi connectivity index (χ0v) is 10.1. The highest BCUT2D eigenvalue weighted by Gasteiger charge is 2.02. The summed E-state index contributed by atoms with van der Waals surface area (Å²) in [6, 6.07) is 16.9. The van der Waals surface area contributed by atoms with Crippen molar-refractivity contribution in [1.29, 1.82) is 0 Å². The van der Waals surface area contributed by atoms with Crippen LogP contribution in [0.4, 0.5) is 0 Å². The fraction of sp³-hybridized carbons (Fsp3) is 0.143.